The minimum atomic E-state index is -0.801. The van der Waals surface area contributed by atoms with Crippen LogP contribution in [0.25, 0.3) is 0 Å². The molecule has 0 aliphatic rings. The van der Waals surface area contributed by atoms with Crippen molar-refractivity contribution in [1.82, 2.24) is 14.8 Å². The molecule has 0 fully saturated rings. The van der Waals surface area contributed by atoms with Crippen LogP contribution in [0.15, 0.2) is 42.3 Å². The maximum Gasteiger partial charge on any atom is 0.339 e. The number of halogens is 1. The first-order valence-electron chi connectivity index (χ1n) is 5.78. The van der Waals surface area contributed by atoms with Crippen LogP contribution in [0.4, 0.5) is 0 Å². The predicted octanol–water partition coefficient (Wildman–Crippen LogP) is 1.40. The first-order valence-corrected chi connectivity index (χ1v) is 7.39. The van der Waals surface area contributed by atoms with Crippen LogP contribution in [0.5, 0.6) is 0 Å². The fourth-order valence-electron chi connectivity index (χ4n) is 1.62. The zero-order chi connectivity index (χ0) is 14.9. The summed E-state index contributed by atoms with van der Waals surface area (Å²) >= 11 is 4.68. The van der Waals surface area contributed by atoms with Gasteiger partial charge in [0, 0.05) is 22.5 Å². The van der Waals surface area contributed by atoms with Crippen molar-refractivity contribution in [3.63, 3.8) is 0 Å². The Morgan fingerprint density at radius 2 is 2.15 bits per heavy atom. The molecule has 0 radical (unpaired) electrons. The average Bonchev–Trinajstić information content (AvgIpc) is 2.37. The van der Waals surface area contributed by atoms with Crippen molar-refractivity contribution in [2.75, 3.05) is 0 Å². The molecule has 2 rings (SSSR count). The van der Waals surface area contributed by atoms with Crippen molar-refractivity contribution >= 4 is 27.7 Å². The fraction of sp³-hybridized carbons (Fsp3) is 0.250. The van der Waals surface area contributed by atoms with Gasteiger partial charge in [-0.15, -0.1) is 0 Å². The summed E-state index contributed by atoms with van der Waals surface area (Å²) in [4.78, 5) is 27.2. The van der Waals surface area contributed by atoms with Gasteiger partial charge in [-0.3, -0.25) is 19.4 Å². The highest BCUT2D eigenvalue weighted by Crippen LogP contribution is 2.32. The normalized spacial score (nSPS) is 12.4. The summed E-state index contributed by atoms with van der Waals surface area (Å²) in [5.74, 6) is 0. The molecule has 20 heavy (non-hydrogen) atoms. The van der Waals surface area contributed by atoms with E-state index in [0.29, 0.717) is 5.16 Å². The van der Waals surface area contributed by atoms with Crippen LogP contribution >= 0.6 is 27.7 Å². The molecule has 0 spiro atoms. The number of aromatic nitrogens is 3. The van der Waals surface area contributed by atoms with Crippen LogP contribution in [0.2, 0.25) is 0 Å². The summed E-state index contributed by atoms with van der Waals surface area (Å²) in [6.45, 7) is 1.88. The van der Waals surface area contributed by atoms with E-state index in [-0.39, 0.29) is 6.04 Å². The lowest BCUT2D eigenvalue weighted by molar-refractivity contribution is 0.596. The molecular formula is C12H13BrN4O2S. The Morgan fingerprint density at radius 3 is 2.80 bits per heavy atom. The Morgan fingerprint density at radius 1 is 1.45 bits per heavy atom. The van der Waals surface area contributed by atoms with E-state index in [1.165, 1.54) is 16.4 Å². The average molecular weight is 357 g/mol. The highest BCUT2D eigenvalue weighted by Gasteiger charge is 2.12. The largest absolute Gasteiger partial charge is 0.339 e. The molecular weight excluding hydrogens is 344 g/mol. The van der Waals surface area contributed by atoms with Crippen LogP contribution in [-0.2, 0) is 7.05 Å². The Labute approximate surface area is 127 Å². The summed E-state index contributed by atoms with van der Waals surface area (Å²) in [6.07, 6.45) is 0. The highest BCUT2D eigenvalue weighted by atomic mass is 79.9. The molecule has 0 bridgehead atoms. The van der Waals surface area contributed by atoms with E-state index in [0.717, 1.165) is 14.9 Å². The van der Waals surface area contributed by atoms with Crippen molar-refractivity contribution in [2.24, 2.45) is 12.8 Å². The van der Waals surface area contributed by atoms with Gasteiger partial charge in [-0.05, 0) is 42.4 Å². The van der Waals surface area contributed by atoms with Gasteiger partial charge < -0.3 is 5.73 Å². The molecule has 2 aromatic rings. The molecule has 1 atom stereocenters. The van der Waals surface area contributed by atoms with Crippen LogP contribution in [0.1, 0.15) is 18.5 Å². The van der Waals surface area contributed by atoms with Crippen molar-refractivity contribution < 1.29 is 0 Å². The van der Waals surface area contributed by atoms with Gasteiger partial charge in [0.15, 0.2) is 5.16 Å². The van der Waals surface area contributed by atoms with Crippen LogP contribution in [0, 0.1) is 0 Å². The first kappa shape index (κ1) is 15.0. The van der Waals surface area contributed by atoms with Gasteiger partial charge in [0.1, 0.15) is 0 Å². The van der Waals surface area contributed by atoms with E-state index in [1.807, 2.05) is 25.1 Å². The zero-order valence-corrected chi connectivity index (χ0v) is 13.3. The Balaban J connectivity index is 2.47. The van der Waals surface area contributed by atoms with Crippen molar-refractivity contribution in [2.45, 2.75) is 23.0 Å². The summed E-state index contributed by atoms with van der Waals surface area (Å²) in [7, 11) is 1.63. The highest BCUT2D eigenvalue weighted by molar-refractivity contribution is 9.10. The molecule has 0 aliphatic carbocycles. The van der Waals surface area contributed by atoms with Crippen molar-refractivity contribution in [1.29, 1.82) is 0 Å². The summed E-state index contributed by atoms with van der Waals surface area (Å²) in [5.41, 5.74) is 5.35. The molecule has 1 aromatic carbocycles. The molecule has 0 aliphatic heterocycles. The zero-order valence-electron chi connectivity index (χ0n) is 10.9. The summed E-state index contributed by atoms with van der Waals surface area (Å²) in [5, 5.41) is 2.81. The summed E-state index contributed by atoms with van der Waals surface area (Å²) < 4.78 is 2.35. The van der Waals surface area contributed by atoms with E-state index in [9.17, 15) is 9.59 Å². The maximum atomic E-state index is 11.3. The second-order valence-corrected chi connectivity index (χ2v) is 6.20. The number of aryl methyl sites for hydroxylation is 1. The maximum absolute atomic E-state index is 11.3. The number of hydrogen-bond donors (Lipinski definition) is 2. The molecule has 0 saturated heterocycles. The third-order valence-corrected chi connectivity index (χ3v) is 4.24. The van der Waals surface area contributed by atoms with Gasteiger partial charge in [0.05, 0.1) is 0 Å². The van der Waals surface area contributed by atoms with E-state index in [1.54, 1.807) is 7.05 Å². The molecule has 1 aromatic heterocycles. The molecule has 0 saturated carbocycles. The number of nitrogens with two attached hydrogens (primary N) is 1. The number of H-pyrrole nitrogens is 1. The third-order valence-electron chi connectivity index (χ3n) is 2.61. The van der Waals surface area contributed by atoms with Crippen LogP contribution in [-0.4, -0.2) is 14.8 Å². The molecule has 8 heteroatoms. The summed E-state index contributed by atoms with van der Waals surface area (Å²) in [6, 6.07) is 5.55. The minimum absolute atomic E-state index is 0.158. The standard InChI is InChI=1S/C12H13BrN4O2S/c1-6(14)8-5-7(13)3-4-9(8)20-12-15-10(18)11(19)16-17(12)2/h3-6H,14H2,1-2H3,(H,16,19). The quantitative estimate of drug-likeness (QED) is 0.810. The lowest BCUT2D eigenvalue weighted by atomic mass is 10.1. The third kappa shape index (κ3) is 3.20. The van der Waals surface area contributed by atoms with E-state index in [4.69, 9.17) is 5.73 Å². The lowest BCUT2D eigenvalue weighted by Gasteiger charge is -2.13. The van der Waals surface area contributed by atoms with Crippen LogP contribution < -0.4 is 16.9 Å². The minimum Gasteiger partial charge on any atom is -0.324 e. The Kier molecular flexibility index (Phi) is 4.46. The van der Waals surface area contributed by atoms with E-state index in [2.05, 4.69) is 26.0 Å². The SMILES string of the molecule is CC(N)c1cc(Br)ccc1Sc1nc(=O)c(=O)[nH]n1C. The topological polar surface area (TPSA) is 93.8 Å². The second-order valence-electron chi connectivity index (χ2n) is 4.27. The molecule has 0 amide bonds. The number of hydrogen-bond acceptors (Lipinski definition) is 5. The number of benzene rings is 1. The molecule has 3 N–H and O–H groups in total. The lowest BCUT2D eigenvalue weighted by Crippen LogP contribution is -2.33. The number of nitrogens with zero attached hydrogens (tertiary/aromatic N) is 2. The van der Waals surface area contributed by atoms with Gasteiger partial charge in [-0.2, -0.15) is 4.98 Å². The van der Waals surface area contributed by atoms with Gasteiger partial charge in [-0.1, -0.05) is 15.9 Å². The van der Waals surface area contributed by atoms with Gasteiger partial charge >= 0.3 is 11.1 Å². The molecule has 106 valence electrons. The molecule has 6 nitrogen and oxygen atoms in total. The van der Waals surface area contributed by atoms with Crippen molar-refractivity contribution in [3.8, 4) is 0 Å². The smallest absolute Gasteiger partial charge is 0.324 e. The van der Waals surface area contributed by atoms with Gasteiger partial charge in [-0.25, -0.2) is 0 Å². The van der Waals surface area contributed by atoms with Gasteiger partial charge in [0.2, 0.25) is 0 Å². The molecule has 1 heterocycles. The van der Waals surface area contributed by atoms with E-state index < -0.39 is 11.1 Å². The second kappa shape index (κ2) is 5.94. The Hall–Kier alpha value is -1.38. The number of aromatic amines is 1. The molecule has 1 unspecified atom stereocenters. The first-order chi connectivity index (χ1) is 9.38. The Bertz CT molecular complexity index is 754. The van der Waals surface area contributed by atoms with Crippen molar-refractivity contribution in [3.05, 3.63) is 48.9 Å². The van der Waals surface area contributed by atoms with Gasteiger partial charge in [0.25, 0.3) is 0 Å². The van der Waals surface area contributed by atoms with E-state index >= 15 is 0 Å². The monoisotopic (exact) mass is 356 g/mol. The number of nitrogens with one attached hydrogen (secondary N) is 1. The van der Waals surface area contributed by atoms with Crippen LogP contribution in [0.3, 0.4) is 0 Å². The predicted molar refractivity (Wildman–Crippen MR) is 81.0 cm³/mol. The fourth-order valence-corrected chi connectivity index (χ4v) is 3.00. The number of rotatable bonds is 3.